The van der Waals surface area contributed by atoms with E-state index in [1.807, 2.05) is 30.3 Å². The maximum atomic E-state index is 11.7. The third kappa shape index (κ3) is 3.33. The molecule has 0 saturated heterocycles. The molecule has 0 bridgehead atoms. The molecule has 3 rings (SSSR count). The van der Waals surface area contributed by atoms with Crippen LogP contribution >= 0.6 is 0 Å². The number of aldehydes is 1. The summed E-state index contributed by atoms with van der Waals surface area (Å²) in [5, 5.41) is 2.78. The van der Waals surface area contributed by atoms with Crippen molar-refractivity contribution in [3.63, 3.8) is 0 Å². The Morgan fingerprint density at radius 3 is 2.67 bits per heavy atom. The molecule has 6 nitrogen and oxygen atoms in total. The van der Waals surface area contributed by atoms with E-state index < -0.39 is 11.6 Å². The number of carbonyl (C=O) groups is 3. The number of hydrogen-bond acceptors (Lipinski definition) is 6. The molecular weight excluding hydrogens is 310 g/mol. The summed E-state index contributed by atoms with van der Waals surface area (Å²) >= 11 is 0. The molecule has 2 aromatic rings. The number of hydrogen-bond donors (Lipinski definition) is 1. The minimum atomic E-state index is -1.14. The van der Waals surface area contributed by atoms with Crippen LogP contribution in [-0.4, -0.2) is 17.9 Å². The van der Waals surface area contributed by atoms with Crippen molar-refractivity contribution in [3.8, 4) is 11.5 Å². The second-order valence-electron chi connectivity index (χ2n) is 5.02. The molecule has 0 aliphatic carbocycles. The first-order valence-corrected chi connectivity index (χ1v) is 7.16. The van der Waals surface area contributed by atoms with Gasteiger partial charge in [0.25, 0.3) is 11.6 Å². The van der Waals surface area contributed by atoms with Crippen LogP contribution < -0.4 is 14.8 Å². The first kappa shape index (κ1) is 15.5. The average Bonchev–Trinajstić information content (AvgIpc) is 2.65. The fraction of sp³-hybridized carbons (Fsp3) is 0.0556. The van der Waals surface area contributed by atoms with E-state index in [9.17, 15) is 14.4 Å². The van der Waals surface area contributed by atoms with Crippen molar-refractivity contribution in [3.05, 3.63) is 66.1 Å². The third-order valence-electron chi connectivity index (χ3n) is 3.35. The molecule has 24 heavy (non-hydrogen) atoms. The number of ketones is 2. The average molecular weight is 323 g/mol. The van der Waals surface area contributed by atoms with E-state index >= 15 is 0 Å². The Morgan fingerprint density at radius 1 is 1.12 bits per heavy atom. The molecule has 1 N–H and O–H groups in total. The van der Waals surface area contributed by atoms with Crippen LogP contribution in [0.25, 0.3) is 0 Å². The quantitative estimate of drug-likeness (QED) is 0.499. The molecule has 2 aromatic carbocycles. The van der Waals surface area contributed by atoms with Gasteiger partial charge in [-0.25, -0.2) is 0 Å². The molecule has 0 spiro atoms. The topological polar surface area (TPSA) is 81.7 Å². The number of carbonyl (C=O) groups excluding carboxylic acids is 3. The van der Waals surface area contributed by atoms with Crippen molar-refractivity contribution in [1.82, 2.24) is 0 Å². The Labute approximate surface area is 137 Å². The van der Waals surface area contributed by atoms with Crippen LogP contribution in [0.3, 0.4) is 0 Å². The highest BCUT2D eigenvalue weighted by atomic mass is 16.5. The van der Waals surface area contributed by atoms with Gasteiger partial charge in [0.05, 0.1) is 5.69 Å². The molecule has 0 radical (unpaired) electrons. The molecule has 1 aliphatic heterocycles. The number of fused-ring (bicyclic) bond motifs is 1. The summed E-state index contributed by atoms with van der Waals surface area (Å²) in [6.07, 6.45) is 1.08. The van der Waals surface area contributed by atoms with Crippen LogP contribution in [0, 0.1) is 0 Å². The van der Waals surface area contributed by atoms with Crippen LogP contribution in [-0.2, 0) is 21.0 Å². The maximum Gasteiger partial charge on any atom is 0.267 e. The van der Waals surface area contributed by atoms with Gasteiger partial charge in [0.2, 0.25) is 0 Å². The lowest BCUT2D eigenvalue weighted by Crippen LogP contribution is -2.24. The van der Waals surface area contributed by atoms with Gasteiger partial charge in [0.15, 0.2) is 6.29 Å². The molecular formula is C18H13NO5. The first-order chi connectivity index (χ1) is 11.7. The Kier molecular flexibility index (Phi) is 4.38. The zero-order valence-corrected chi connectivity index (χ0v) is 12.5. The minimum Gasteiger partial charge on any atom is -0.489 e. The van der Waals surface area contributed by atoms with Crippen molar-refractivity contribution in [1.29, 1.82) is 0 Å². The number of anilines is 1. The van der Waals surface area contributed by atoms with Crippen LogP contribution in [0.1, 0.15) is 5.56 Å². The van der Waals surface area contributed by atoms with E-state index in [1.54, 1.807) is 18.2 Å². The summed E-state index contributed by atoms with van der Waals surface area (Å²) in [6, 6.07) is 14.7. The van der Waals surface area contributed by atoms with Gasteiger partial charge in [-0.3, -0.25) is 14.4 Å². The first-order valence-electron chi connectivity index (χ1n) is 7.16. The molecule has 120 valence electrons. The maximum absolute atomic E-state index is 11.7. The lowest BCUT2D eigenvalue weighted by Gasteiger charge is -2.18. The fourth-order valence-corrected chi connectivity index (χ4v) is 2.13. The summed E-state index contributed by atoms with van der Waals surface area (Å²) in [7, 11) is 0. The van der Waals surface area contributed by atoms with E-state index in [4.69, 9.17) is 9.47 Å². The predicted octanol–water partition coefficient (Wildman–Crippen LogP) is 2.25. The Bertz CT molecular complexity index is 827. The Hall–Kier alpha value is -3.41. The smallest absolute Gasteiger partial charge is 0.267 e. The molecule has 1 aliphatic rings. The Balaban J connectivity index is 1.72. The normalized spacial score (nSPS) is 12.1. The van der Waals surface area contributed by atoms with Gasteiger partial charge in [-0.15, -0.1) is 0 Å². The van der Waals surface area contributed by atoms with Crippen molar-refractivity contribution in [2.75, 3.05) is 5.32 Å². The molecule has 0 aromatic heterocycles. The van der Waals surface area contributed by atoms with Gasteiger partial charge >= 0.3 is 0 Å². The van der Waals surface area contributed by atoms with Crippen molar-refractivity contribution >= 4 is 23.5 Å². The molecule has 1 heterocycles. The highest BCUT2D eigenvalue weighted by Gasteiger charge is 2.23. The van der Waals surface area contributed by atoms with Crippen LogP contribution in [0.2, 0.25) is 0 Å². The van der Waals surface area contributed by atoms with Gasteiger partial charge in [-0.05, 0) is 17.7 Å². The third-order valence-corrected chi connectivity index (χ3v) is 3.35. The summed E-state index contributed by atoms with van der Waals surface area (Å²) in [5.74, 6) is -1.04. The summed E-state index contributed by atoms with van der Waals surface area (Å²) < 4.78 is 11.0. The zero-order valence-electron chi connectivity index (χ0n) is 12.5. The highest BCUT2D eigenvalue weighted by molar-refractivity contribution is 6.61. The van der Waals surface area contributed by atoms with Crippen LogP contribution in [0.15, 0.2) is 60.5 Å². The van der Waals surface area contributed by atoms with E-state index in [0.717, 1.165) is 11.8 Å². The number of rotatable bonds is 6. The highest BCUT2D eigenvalue weighted by Crippen LogP contribution is 2.33. The molecule has 0 fully saturated rings. The number of nitrogens with one attached hydrogen (secondary N) is 1. The minimum absolute atomic E-state index is 0.0280. The van der Waals surface area contributed by atoms with E-state index in [0.29, 0.717) is 23.8 Å². The van der Waals surface area contributed by atoms with Gasteiger partial charge in [-0.2, -0.15) is 0 Å². The molecule has 0 unspecified atom stereocenters. The largest absolute Gasteiger partial charge is 0.489 e. The van der Waals surface area contributed by atoms with Gasteiger partial charge in [0, 0.05) is 6.07 Å². The number of Topliss-reactive ketones (excluding diaryl/α,β-unsaturated/α-hetero) is 2. The van der Waals surface area contributed by atoms with Crippen LogP contribution in [0.4, 0.5) is 5.69 Å². The summed E-state index contributed by atoms with van der Waals surface area (Å²) in [5.41, 5.74) is 1.40. The van der Waals surface area contributed by atoms with Crippen LogP contribution in [0.5, 0.6) is 11.5 Å². The fourth-order valence-electron chi connectivity index (χ4n) is 2.13. The SMILES string of the molecule is O=CC(=O)C(=O)C1=COc2ccc(OCc3ccccc3)cc2N1. The lowest BCUT2D eigenvalue weighted by atomic mass is 10.2. The number of benzene rings is 2. The summed E-state index contributed by atoms with van der Waals surface area (Å²) in [6.45, 7) is 0.395. The standard InChI is InChI=1S/C18H13NO5/c20-9-16(21)18(22)15-11-24-17-7-6-13(8-14(17)19-15)23-10-12-4-2-1-3-5-12/h1-9,11,19H,10H2. The van der Waals surface area contributed by atoms with E-state index in [2.05, 4.69) is 5.32 Å². The molecule has 0 amide bonds. The predicted molar refractivity (Wildman–Crippen MR) is 85.6 cm³/mol. The van der Waals surface area contributed by atoms with E-state index in [-0.39, 0.29) is 12.0 Å². The van der Waals surface area contributed by atoms with Crippen molar-refractivity contribution < 1.29 is 23.9 Å². The monoisotopic (exact) mass is 323 g/mol. The van der Waals surface area contributed by atoms with Gasteiger partial charge in [-0.1, -0.05) is 30.3 Å². The molecule has 0 atom stereocenters. The lowest BCUT2D eigenvalue weighted by molar-refractivity contribution is -0.138. The second-order valence-corrected chi connectivity index (χ2v) is 5.02. The number of ether oxygens (including phenoxy) is 2. The Morgan fingerprint density at radius 2 is 1.92 bits per heavy atom. The molecule has 0 saturated carbocycles. The van der Waals surface area contributed by atoms with E-state index in [1.165, 1.54) is 0 Å². The number of allylic oxidation sites excluding steroid dienone is 1. The van der Waals surface area contributed by atoms with Gasteiger partial charge < -0.3 is 14.8 Å². The zero-order chi connectivity index (χ0) is 16.9. The molecule has 6 heteroatoms. The van der Waals surface area contributed by atoms with Crippen molar-refractivity contribution in [2.24, 2.45) is 0 Å². The van der Waals surface area contributed by atoms with Gasteiger partial charge in [0.1, 0.15) is 30.1 Å². The van der Waals surface area contributed by atoms with Crippen molar-refractivity contribution in [2.45, 2.75) is 6.61 Å². The summed E-state index contributed by atoms with van der Waals surface area (Å²) in [4.78, 5) is 33.3. The second kappa shape index (κ2) is 6.78.